The third-order valence-corrected chi connectivity index (χ3v) is 4.89. The number of hydrogen-bond donors (Lipinski definition) is 0. The first-order chi connectivity index (χ1) is 13.7. The van der Waals surface area contributed by atoms with Gasteiger partial charge in [-0.25, -0.2) is 0 Å². The fraction of sp³-hybridized carbons (Fsp3) is 0.227. The Morgan fingerprint density at radius 1 is 1.07 bits per heavy atom. The molecule has 0 saturated carbocycles. The molecule has 3 heterocycles. The van der Waals surface area contributed by atoms with Gasteiger partial charge in [0.15, 0.2) is 0 Å². The van der Waals surface area contributed by atoms with Crippen LogP contribution in [0.5, 0.6) is 0 Å². The van der Waals surface area contributed by atoms with E-state index in [1.165, 1.54) is 0 Å². The van der Waals surface area contributed by atoms with E-state index < -0.39 is 5.92 Å². The molecule has 142 valence electrons. The normalized spacial score (nSPS) is 16.4. The Bertz CT molecular complexity index is 926. The molecule has 0 radical (unpaired) electrons. The van der Waals surface area contributed by atoms with E-state index in [0.717, 1.165) is 11.4 Å². The van der Waals surface area contributed by atoms with Gasteiger partial charge >= 0.3 is 0 Å². The smallest absolute Gasteiger partial charge is 0.239 e. The maximum absolute atomic E-state index is 13.3. The number of carbonyl (C=O) groups is 2. The monoisotopic (exact) mass is 375 g/mol. The zero-order valence-electron chi connectivity index (χ0n) is 15.4. The van der Waals surface area contributed by atoms with E-state index >= 15 is 0 Å². The molecule has 0 bridgehead atoms. The largest absolute Gasteiger partial charge is 0.467 e. The third kappa shape index (κ3) is 3.81. The van der Waals surface area contributed by atoms with Gasteiger partial charge in [0.25, 0.3) is 0 Å². The standard InChI is InChI=1S/C22H21N3O3/c26-21(20-11-13-25(22(20)27)18-8-2-1-3-9-18)24(16-19-10-6-14-28-19)15-17-7-4-5-12-23-17/h1-10,12,14,20H,11,13,15-16H2. The summed E-state index contributed by atoms with van der Waals surface area (Å²) in [6.07, 6.45) is 3.78. The first-order valence-corrected chi connectivity index (χ1v) is 9.30. The minimum absolute atomic E-state index is 0.151. The summed E-state index contributed by atoms with van der Waals surface area (Å²) >= 11 is 0. The van der Waals surface area contributed by atoms with Crippen LogP contribution >= 0.6 is 0 Å². The van der Waals surface area contributed by atoms with E-state index in [1.54, 1.807) is 28.3 Å². The maximum Gasteiger partial charge on any atom is 0.239 e. The minimum Gasteiger partial charge on any atom is -0.467 e. The van der Waals surface area contributed by atoms with Crippen LogP contribution in [0.3, 0.4) is 0 Å². The molecule has 1 aliphatic heterocycles. The van der Waals surface area contributed by atoms with Gasteiger partial charge in [-0.2, -0.15) is 0 Å². The lowest BCUT2D eigenvalue weighted by atomic mass is 10.1. The molecule has 0 aliphatic carbocycles. The van der Waals surface area contributed by atoms with Crippen LogP contribution in [0.4, 0.5) is 5.69 Å². The summed E-state index contributed by atoms with van der Waals surface area (Å²) < 4.78 is 5.42. The Morgan fingerprint density at radius 3 is 2.61 bits per heavy atom. The van der Waals surface area contributed by atoms with Gasteiger partial charge in [-0.15, -0.1) is 0 Å². The van der Waals surface area contributed by atoms with Crippen molar-refractivity contribution in [1.29, 1.82) is 0 Å². The highest BCUT2D eigenvalue weighted by Gasteiger charge is 2.39. The number of aromatic nitrogens is 1. The lowest BCUT2D eigenvalue weighted by Gasteiger charge is -2.24. The zero-order chi connectivity index (χ0) is 19.3. The highest BCUT2D eigenvalue weighted by molar-refractivity contribution is 6.09. The summed E-state index contributed by atoms with van der Waals surface area (Å²) in [7, 11) is 0. The van der Waals surface area contributed by atoms with Crippen molar-refractivity contribution in [2.24, 2.45) is 5.92 Å². The highest BCUT2D eigenvalue weighted by Crippen LogP contribution is 2.27. The summed E-state index contributed by atoms with van der Waals surface area (Å²) in [5.41, 5.74) is 1.60. The molecule has 1 fully saturated rings. The van der Waals surface area contributed by atoms with Crippen LogP contribution in [0.2, 0.25) is 0 Å². The molecule has 28 heavy (non-hydrogen) atoms. The summed E-state index contributed by atoms with van der Waals surface area (Å²) in [5, 5.41) is 0. The van der Waals surface area contributed by atoms with Crippen LogP contribution in [0.15, 0.2) is 77.5 Å². The lowest BCUT2D eigenvalue weighted by Crippen LogP contribution is -2.39. The van der Waals surface area contributed by atoms with E-state index in [4.69, 9.17) is 4.42 Å². The fourth-order valence-electron chi connectivity index (χ4n) is 3.48. The summed E-state index contributed by atoms with van der Waals surface area (Å²) in [6.45, 7) is 1.17. The molecule has 0 N–H and O–H groups in total. The van der Waals surface area contributed by atoms with Gasteiger partial charge < -0.3 is 14.2 Å². The Balaban J connectivity index is 1.54. The number of benzene rings is 1. The lowest BCUT2D eigenvalue weighted by molar-refractivity contribution is -0.141. The van der Waals surface area contributed by atoms with Crippen molar-refractivity contribution in [1.82, 2.24) is 9.88 Å². The molecule has 1 saturated heterocycles. The second-order valence-corrected chi connectivity index (χ2v) is 6.76. The highest BCUT2D eigenvalue weighted by atomic mass is 16.3. The van der Waals surface area contributed by atoms with E-state index in [9.17, 15) is 9.59 Å². The van der Waals surface area contributed by atoms with E-state index in [0.29, 0.717) is 31.8 Å². The van der Waals surface area contributed by atoms with Gasteiger partial charge in [0, 0.05) is 18.4 Å². The van der Waals surface area contributed by atoms with E-state index in [1.807, 2.05) is 54.6 Å². The first kappa shape index (κ1) is 18.0. The third-order valence-electron chi connectivity index (χ3n) is 4.89. The number of hydrogen-bond acceptors (Lipinski definition) is 4. The van der Waals surface area contributed by atoms with Gasteiger partial charge in [-0.3, -0.25) is 14.6 Å². The second-order valence-electron chi connectivity index (χ2n) is 6.76. The molecule has 3 aromatic rings. The topological polar surface area (TPSA) is 66.7 Å². The maximum atomic E-state index is 13.3. The van der Waals surface area contributed by atoms with Crippen molar-refractivity contribution in [2.45, 2.75) is 19.5 Å². The molecular formula is C22H21N3O3. The molecule has 1 unspecified atom stereocenters. The molecule has 2 amide bonds. The number of para-hydroxylation sites is 1. The van der Waals surface area contributed by atoms with Gasteiger partial charge in [0.2, 0.25) is 11.8 Å². The van der Waals surface area contributed by atoms with Crippen molar-refractivity contribution >= 4 is 17.5 Å². The average Bonchev–Trinajstić information content (AvgIpc) is 3.38. The van der Waals surface area contributed by atoms with Crippen molar-refractivity contribution in [3.8, 4) is 0 Å². The van der Waals surface area contributed by atoms with Crippen LogP contribution in [-0.4, -0.2) is 28.2 Å². The number of furan rings is 1. The average molecular weight is 375 g/mol. The van der Waals surface area contributed by atoms with Crippen LogP contribution in [0, 0.1) is 5.92 Å². The summed E-state index contributed by atoms with van der Waals surface area (Å²) in [5.74, 6) is -0.347. The second kappa shape index (κ2) is 8.08. The molecule has 1 aliphatic rings. The Labute approximate surface area is 163 Å². The van der Waals surface area contributed by atoms with Gasteiger partial charge in [-0.05, 0) is 42.8 Å². The van der Waals surface area contributed by atoms with Gasteiger partial charge in [-0.1, -0.05) is 24.3 Å². The minimum atomic E-state index is -0.682. The predicted molar refractivity (Wildman–Crippen MR) is 104 cm³/mol. The van der Waals surface area contributed by atoms with Crippen molar-refractivity contribution < 1.29 is 14.0 Å². The van der Waals surface area contributed by atoms with Gasteiger partial charge in [0.1, 0.15) is 11.7 Å². The van der Waals surface area contributed by atoms with Crippen LogP contribution in [-0.2, 0) is 22.7 Å². The Morgan fingerprint density at radius 2 is 1.89 bits per heavy atom. The molecule has 0 spiro atoms. The number of anilines is 1. The summed E-state index contributed by atoms with van der Waals surface area (Å²) in [4.78, 5) is 33.9. The number of amides is 2. The zero-order valence-corrected chi connectivity index (χ0v) is 15.4. The van der Waals surface area contributed by atoms with Crippen molar-refractivity contribution in [3.63, 3.8) is 0 Å². The Hall–Kier alpha value is -3.41. The molecule has 2 aromatic heterocycles. The fourth-order valence-corrected chi connectivity index (χ4v) is 3.48. The van der Waals surface area contributed by atoms with Crippen molar-refractivity contribution in [2.75, 3.05) is 11.4 Å². The molecule has 6 heteroatoms. The summed E-state index contributed by atoms with van der Waals surface area (Å²) in [6, 6.07) is 18.7. The molecule has 1 aromatic carbocycles. The number of pyridine rings is 1. The number of nitrogens with zero attached hydrogens (tertiary/aromatic N) is 3. The van der Waals surface area contributed by atoms with E-state index in [-0.39, 0.29) is 11.8 Å². The number of rotatable bonds is 6. The quantitative estimate of drug-likeness (QED) is 0.620. The molecule has 6 nitrogen and oxygen atoms in total. The van der Waals surface area contributed by atoms with Gasteiger partial charge in [0.05, 0.1) is 25.0 Å². The van der Waals surface area contributed by atoms with Crippen LogP contribution in [0.25, 0.3) is 0 Å². The van der Waals surface area contributed by atoms with Crippen LogP contribution < -0.4 is 4.90 Å². The SMILES string of the molecule is O=C(C1CCN(c2ccccc2)C1=O)N(Cc1ccccn1)Cc1ccco1. The molecule has 1 atom stereocenters. The van der Waals surface area contributed by atoms with E-state index in [2.05, 4.69) is 4.98 Å². The first-order valence-electron chi connectivity index (χ1n) is 9.30. The van der Waals surface area contributed by atoms with Crippen molar-refractivity contribution in [3.05, 3.63) is 84.6 Å². The molecule has 4 rings (SSSR count). The molecular weight excluding hydrogens is 354 g/mol. The van der Waals surface area contributed by atoms with Crippen LogP contribution in [0.1, 0.15) is 17.9 Å². The number of carbonyl (C=O) groups excluding carboxylic acids is 2. The predicted octanol–water partition coefficient (Wildman–Crippen LogP) is 3.26. The Kier molecular flexibility index (Phi) is 5.19.